The van der Waals surface area contributed by atoms with E-state index in [4.69, 9.17) is 10.5 Å². The quantitative estimate of drug-likeness (QED) is 0.807. The average Bonchev–Trinajstić information content (AvgIpc) is 2.44. The summed E-state index contributed by atoms with van der Waals surface area (Å²) in [5.41, 5.74) is 5.70. The maximum Gasteiger partial charge on any atom is 0.323 e. The van der Waals surface area contributed by atoms with Crippen LogP contribution in [0.2, 0.25) is 0 Å². The molecule has 1 fully saturated rings. The predicted octanol–water partition coefficient (Wildman–Crippen LogP) is 1.14. The smallest absolute Gasteiger partial charge is 0.323 e. The van der Waals surface area contributed by atoms with Crippen LogP contribution in [0.5, 0.6) is 6.01 Å². The topological polar surface area (TPSA) is 89.2 Å². The molecule has 7 nitrogen and oxygen atoms in total. The number of nitrogen functional groups attached to an aromatic ring is 1. The largest absolute Gasteiger partial charge is 0.463 e. The minimum absolute atomic E-state index is 0.191. The van der Waals surface area contributed by atoms with Gasteiger partial charge in [-0.05, 0) is 32.4 Å². The number of nitrogens with two attached hydrogens (primary N) is 1. The Morgan fingerprint density at radius 3 is 2.95 bits per heavy atom. The molecule has 0 saturated carbocycles. The van der Waals surface area contributed by atoms with Crippen molar-refractivity contribution < 1.29 is 4.74 Å². The number of anilines is 2. The van der Waals surface area contributed by atoms with Crippen molar-refractivity contribution in [2.24, 2.45) is 0 Å². The lowest BCUT2D eigenvalue weighted by molar-refractivity contribution is 0.226. The molecule has 0 spiro atoms. The second-order valence-corrected chi connectivity index (χ2v) is 5.02. The number of hydrogen-bond acceptors (Lipinski definition) is 7. The molecule has 7 heteroatoms. The fourth-order valence-electron chi connectivity index (χ4n) is 2.34. The highest BCUT2D eigenvalue weighted by Crippen LogP contribution is 2.15. The zero-order chi connectivity index (χ0) is 14.4. The molecule has 0 amide bonds. The third-order valence-electron chi connectivity index (χ3n) is 3.35. The molecule has 1 aromatic rings. The van der Waals surface area contributed by atoms with Crippen LogP contribution in [0.4, 0.5) is 11.9 Å². The predicted molar refractivity (Wildman–Crippen MR) is 78.8 cm³/mol. The van der Waals surface area contributed by atoms with Crippen molar-refractivity contribution in [2.75, 3.05) is 37.3 Å². The van der Waals surface area contributed by atoms with Crippen molar-refractivity contribution in [3.8, 4) is 6.01 Å². The standard InChI is InChI=1S/C13H24N6O/c1-3-8-20-13-17-11(14)16-12(18-13)15-10-6-5-7-19(4-2)9-10/h10H,3-9H2,1-2H3,(H3,14,15,16,17,18). The third-order valence-corrected chi connectivity index (χ3v) is 3.35. The highest BCUT2D eigenvalue weighted by atomic mass is 16.5. The molecule has 1 aliphatic rings. The summed E-state index contributed by atoms with van der Waals surface area (Å²) < 4.78 is 5.42. The molecule has 0 radical (unpaired) electrons. The van der Waals surface area contributed by atoms with Crippen LogP contribution < -0.4 is 15.8 Å². The number of aromatic nitrogens is 3. The summed E-state index contributed by atoms with van der Waals surface area (Å²) in [6.07, 6.45) is 3.21. The molecule has 1 unspecified atom stereocenters. The second kappa shape index (κ2) is 7.23. The number of hydrogen-bond donors (Lipinski definition) is 2. The van der Waals surface area contributed by atoms with Crippen LogP contribution in [0.1, 0.15) is 33.1 Å². The molecular weight excluding hydrogens is 256 g/mol. The van der Waals surface area contributed by atoms with Crippen molar-refractivity contribution in [3.63, 3.8) is 0 Å². The summed E-state index contributed by atoms with van der Waals surface area (Å²) in [5, 5.41) is 3.34. The van der Waals surface area contributed by atoms with Gasteiger partial charge in [0.05, 0.1) is 6.61 Å². The molecule has 0 aliphatic carbocycles. The Labute approximate surface area is 119 Å². The van der Waals surface area contributed by atoms with Crippen molar-refractivity contribution in [3.05, 3.63) is 0 Å². The van der Waals surface area contributed by atoms with Gasteiger partial charge in [-0.3, -0.25) is 0 Å². The van der Waals surface area contributed by atoms with Gasteiger partial charge in [-0.15, -0.1) is 0 Å². The summed E-state index contributed by atoms with van der Waals surface area (Å²) >= 11 is 0. The summed E-state index contributed by atoms with van der Waals surface area (Å²) in [6.45, 7) is 8.04. The summed E-state index contributed by atoms with van der Waals surface area (Å²) in [6, 6.07) is 0.648. The molecule has 0 aromatic carbocycles. The van der Waals surface area contributed by atoms with E-state index >= 15 is 0 Å². The van der Waals surface area contributed by atoms with E-state index in [1.165, 1.54) is 13.0 Å². The Morgan fingerprint density at radius 1 is 1.35 bits per heavy atom. The third kappa shape index (κ3) is 4.19. The van der Waals surface area contributed by atoms with Crippen molar-refractivity contribution in [1.82, 2.24) is 19.9 Å². The molecule has 3 N–H and O–H groups in total. The highest BCUT2D eigenvalue weighted by Gasteiger charge is 2.19. The van der Waals surface area contributed by atoms with Crippen LogP contribution in [-0.4, -0.2) is 52.1 Å². The van der Waals surface area contributed by atoms with Crippen LogP contribution in [0.25, 0.3) is 0 Å². The van der Waals surface area contributed by atoms with E-state index in [9.17, 15) is 0 Å². The number of nitrogens with one attached hydrogen (secondary N) is 1. The van der Waals surface area contributed by atoms with Gasteiger partial charge >= 0.3 is 6.01 Å². The van der Waals surface area contributed by atoms with E-state index in [0.717, 1.165) is 25.9 Å². The Kier molecular flexibility index (Phi) is 5.34. The maximum atomic E-state index is 5.70. The Bertz CT molecular complexity index is 427. The van der Waals surface area contributed by atoms with Crippen LogP contribution in [0, 0.1) is 0 Å². The molecule has 2 rings (SSSR count). The highest BCUT2D eigenvalue weighted by molar-refractivity contribution is 5.33. The molecule has 0 bridgehead atoms. The lowest BCUT2D eigenvalue weighted by Gasteiger charge is -2.32. The van der Waals surface area contributed by atoms with Crippen LogP contribution in [0.15, 0.2) is 0 Å². The van der Waals surface area contributed by atoms with Gasteiger partial charge in [0.2, 0.25) is 11.9 Å². The van der Waals surface area contributed by atoms with E-state index in [0.29, 0.717) is 24.6 Å². The van der Waals surface area contributed by atoms with Gasteiger partial charge in [0.1, 0.15) is 0 Å². The van der Waals surface area contributed by atoms with E-state index in [1.807, 2.05) is 6.92 Å². The molecule has 1 atom stereocenters. The number of likely N-dealkylation sites (tertiary alicyclic amines) is 1. The first-order chi connectivity index (χ1) is 9.71. The van der Waals surface area contributed by atoms with Gasteiger partial charge in [-0.2, -0.15) is 15.0 Å². The number of likely N-dealkylation sites (N-methyl/N-ethyl adjacent to an activating group) is 1. The fourth-order valence-corrected chi connectivity index (χ4v) is 2.34. The molecule has 1 aliphatic heterocycles. The normalized spacial score (nSPS) is 19.8. The maximum absolute atomic E-state index is 5.70. The minimum atomic E-state index is 0.191. The van der Waals surface area contributed by atoms with E-state index in [1.54, 1.807) is 0 Å². The van der Waals surface area contributed by atoms with Gasteiger partial charge < -0.3 is 20.7 Å². The van der Waals surface area contributed by atoms with Crippen LogP contribution >= 0.6 is 0 Å². The molecule has 112 valence electrons. The van der Waals surface area contributed by atoms with E-state index < -0.39 is 0 Å². The summed E-state index contributed by atoms with van der Waals surface area (Å²) in [5.74, 6) is 0.698. The van der Waals surface area contributed by atoms with E-state index in [2.05, 4.69) is 32.1 Å². The van der Waals surface area contributed by atoms with Gasteiger partial charge in [-0.25, -0.2) is 0 Å². The zero-order valence-electron chi connectivity index (χ0n) is 12.3. The Morgan fingerprint density at radius 2 is 2.20 bits per heavy atom. The number of piperidine rings is 1. The first-order valence-electron chi connectivity index (χ1n) is 7.34. The number of ether oxygens (including phenoxy) is 1. The molecular formula is C13H24N6O. The summed E-state index contributed by atoms with van der Waals surface area (Å²) in [7, 11) is 0. The first-order valence-corrected chi connectivity index (χ1v) is 7.34. The molecule has 1 aromatic heterocycles. The van der Waals surface area contributed by atoms with Crippen LogP contribution in [-0.2, 0) is 0 Å². The zero-order valence-corrected chi connectivity index (χ0v) is 12.3. The van der Waals surface area contributed by atoms with Crippen LogP contribution in [0.3, 0.4) is 0 Å². The molecule has 2 heterocycles. The number of nitrogens with zero attached hydrogens (tertiary/aromatic N) is 4. The molecule has 20 heavy (non-hydrogen) atoms. The monoisotopic (exact) mass is 280 g/mol. The first kappa shape index (κ1) is 14.8. The Hall–Kier alpha value is -1.63. The summed E-state index contributed by atoms with van der Waals surface area (Å²) in [4.78, 5) is 14.8. The molecule has 1 saturated heterocycles. The van der Waals surface area contributed by atoms with E-state index in [-0.39, 0.29) is 5.95 Å². The second-order valence-electron chi connectivity index (χ2n) is 5.02. The Balaban J connectivity index is 1.99. The lowest BCUT2D eigenvalue weighted by Crippen LogP contribution is -2.42. The SMILES string of the molecule is CCCOc1nc(N)nc(NC2CCCN(CC)C2)n1. The van der Waals surface area contributed by atoms with Gasteiger partial charge in [0, 0.05) is 12.6 Å². The minimum Gasteiger partial charge on any atom is -0.463 e. The van der Waals surface area contributed by atoms with Gasteiger partial charge in [-0.1, -0.05) is 13.8 Å². The van der Waals surface area contributed by atoms with Gasteiger partial charge in [0.15, 0.2) is 0 Å². The van der Waals surface area contributed by atoms with Crippen molar-refractivity contribution in [2.45, 2.75) is 39.2 Å². The lowest BCUT2D eigenvalue weighted by atomic mass is 10.1. The van der Waals surface area contributed by atoms with Gasteiger partial charge in [0.25, 0.3) is 0 Å². The number of rotatable bonds is 6. The van der Waals surface area contributed by atoms with Crippen molar-refractivity contribution >= 4 is 11.9 Å². The fraction of sp³-hybridized carbons (Fsp3) is 0.769. The average molecular weight is 280 g/mol. The van der Waals surface area contributed by atoms with Crippen molar-refractivity contribution in [1.29, 1.82) is 0 Å².